The summed E-state index contributed by atoms with van der Waals surface area (Å²) in [4.78, 5) is 25.5. The van der Waals surface area contributed by atoms with Crippen LogP contribution in [0.3, 0.4) is 0 Å². The lowest BCUT2D eigenvalue weighted by Crippen LogP contribution is -2.64. The Morgan fingerprint density at radius 3 is 2.62 bits per heavy atom. The van der Waals surface area contributed by atoms with Gasteiger partial charge in [0.1, 0.15) is 11.0 Å². The molecule has 136 valence electrons. The summed E-state index contributed by atoms with van der Waals surface area (Å²) in [6, 6.07) is 5.43. The molecule has 1 N–H and O–H groups in total. The first kappa shape index (κ1) is 16.2. The van der Waals surface area contributed by atoms with Crippen LogP contribution in [0.25, 0.3) is 11.0 Å². The van der Waals surface area contributed by atoms with Gasteiger partial charge in [-0.05, 0) is 68.6 Å². The number of methoxy groups -OCH3 is 1. The van der Waals surface area contributed by atoms with Crippen molar-refractivity contribution in [3.63, 3.8) is 0 Å². The second-order valence-electron chi connectivity index (χ2n) is 8.44. The molecule has 1 aromatic carbocycles. The second kappa shape index (κ2) is 5.49. The van der Waals surface area contributed by atoms with Gasteiger partial charge in [-0.15, -0.1) is 0 Å². The molecule has 4 aliphatic rings. The van der Waals surface area contributed by atoms with Gasteiger partial charge in [-0.2, -0.15) is 8.75 Å². The van der Waals surface area contributed by atoms with Crippen LogP contribution in [0.15, 0.2) is 18.2 Å². The molecule has 26 heavy (non-hydrogen) atoms. The van der Waals surface area contributed by atoms with E-state index in [4.69, 9.17) is 4.74 Å². The largest absolute Gasteiger partial charge is 0.469 e. The van der Waals surface area contributed by atoms with Gasteiger partial charge in [-0.3, -0.25) is 9.59 Å². The Bertz CT molecular complexity index is 894. The number of benzene rings is 1. The van der Waals surface area contributed by atoms with Crippen molar-refractivity contribution in [3.05, 3.63) is 23.8 Å². The Morgan fingerprint density at radius 2 is 1.88 bits per heavy atom. The molecule has 6 nitrogen and oxygen atoms in total. The van der Waals surface area contributed by atoms with Crippen molar-refractivity contribution in [2.45, 2.75) is 44.1 Å². The summed E-state index contributed by atoms with van der Waals surface area (Å²) in [5, 5.41) is 3.31. The molecule has 1 heterocycles. The Hall–Kier alpha value is -2.02. The monoisotopic (exact) mass is 371 g/mol. The van der Waals surface area contributed by atoms with Crippen LogP contribution in [0.5, 0.6) is 0 Å². The number of ether oxygens (including phenoxy) is 1. The number of nitrogens with zero attached hydrogens (tertiary/aromatic N) is 2. The summed E-state index contributed by atoms with van der Waals surface area (Å²) in [6.45, 7) is 0. The average molecular weight is 371 g/mol. The van der Waals surface area contributed by atoms with Crippen LogP contribution < -0.4 is 5.32 Å². The highest BCUT2D eigenvalue weighted by molar-refractivity contribution is 7.00. The van der Waals surface area contributed by atoms with E-state index in [2.05, 4.69) is 14.1 Å². The van der Waals surface area contributed by atoms with Crippen molar-refractivity contribution in [2.75, 3.05) is 7.11 Å². The number of aromatic nitrogens is 2. The first-order chi connectivity index (χ1) is 12.5. The van der Waals surface area contributed by atoms with E-state index in [1.807, 2.05) is 6.07 Å². The molecule has 0 radical (unpaired) electrons. The first-order valence-electron chi connectivity index (χ1n) is 9.14. The summed E-state index contributed by atoms with van der Waals surface area (Å²) in [6.07, 6.45) is 5.62. The number of nitrogens with one attached hydrogen (secondary N) is 1. The van der Waals surface area contributed by atoms with E-state index >= 15 is 0 Å². The third-order valence-corrected chi connectivity index (χ3v) is 7.13. The summed E-state index contributed by atoms with van der Waals surface area (Å²) >= 11 is 1.15. The molecule has 0 spiro atoms. The molecule has 1 amide bonds. The van der Waals surface area contributed by atoms with Gasteiger partial charge in [0.25, 0.3) is 5.91 Å². The van der Waals surface area contributed by atoms with Crippen LogP contribution in [0.2, 0.25) is 0 Å². The van der Waals surface area contributed by atoms with Gasteiger partial charge in [0.2, 0.25) is 0 Å². The molecule has 6 rings (SSSR count). The highest BCUT2D eigenvalue weighted by Gasteiger charge is 2.61. The van der Waals surface area contributed by atoms with Crippen LogP contribution in [0.4, 0.5) is 0 Å². The number of hydrogen-bond donors (Lipinski definition) is 1. The third kappa shape index (κ3) is 2.36. The zero-order valence-corrected chi connectivity index (χ0v) is 15.5. The fourth-order valence-electron chi connectivity index (χ4n) is 6.10. The van der Waals surface area contributed by atoms with Crippen molar-refractivity contribution in [2.24, 2.45) is 17.3 Å². The van der Waals surface area contributed by atoms with Gasteiger partial charge >= 0.3 is 5.97 Å². The predicted molar refractivity (Wildman–Crippen MR) is 96.7 cm³/mol. The van der Waals surface area contributed by atoms with E-state index in [0.717, 1.165) is 48.4 Å². The number of fused-ring (bicyclic) bond motifs is 1. The lowest BCUT2D eigenvalue weighted by molar-refractivity contribution is -0.171. The number of hydrogen-bond acceptors (Lipinski definition) is 6. The number of carbonyl (C=O) groups excluding carboxylic acids is 2. The Labute approximate surface area is 155 Å². The Kier molecular flexibility index (Phi) is 3.41. The highest BCUT2D eigenvalue weighted by Crippen LogP contribution is 2.62. The highest BCUT2D eigenvalue weighted by atomic mass is 32.1. The predicted octanol–water partition coefficient (Wildman–Crippen LogP) is 2.93. The molecule has 4 bridgehead atoms. The van der Waals surface area contributed by atoms with E-state index < -0.39 is 5.41 Å². The standard InChI is InChI=1S/C19H21N3O3S/c1-25-17(24)18-6-11-4-12(7-18)9-19(8-11,10-18)20-16(23)13-2-3-14-15(5-13)22-26-21-14/h2-3,5,11-12H,4,6-10H2,1H3,(H,20,23)/t11-,12-,18?,19?/m1/s1. The van der Waals surface area contributed by atoms with Gasteiger partial charge in [-0.1, -0.05) is 0 Å². The molecule has 1 aromatic heterocycles. The van der Waals surface area contributed by atoms with E-state index in [1.54, 1.807) is 12.1 Å². The molecule has 0 saturated heterocycles. The van der Waals surface area contributed by atoms with Crippen LogP contribution >= 0.6 is 11.7 Å². The van der Waals surface area contributed by atoms with Crippen LogP contribution in [0.1, 0.15) is 48.9 Å². The smallest absolute Gasteiger partial charge is 0.311 e. The fourth-order valence-corrected chi connectivity index (χ4v) is 6.62. The van der Waals surface area contributed by atoms with Gasteiger partial charge < -0.3 is 10.1 Å². The number of esters is 1. The topological polar surface area (TPSA) is 81.2 Å². The maximum atomic E-state index is 13.0. The minimum Gasteiger partial charge on any atom is -0.469 e. The lowest BCUT2D eigenvalue weighted by atomic mass is 9.47. The molecule has 2 aromatic rings. The van der Waals surface area contributed by atoms with Crippen LogP contribution in [-0.2, 0) is 9.53 Å². The maximum Gasteiger partial charge on any atom is 0.311 e. The molecule has 4 fully saturated rings. The number of amides is 1. The van der Waals surface area contributed by atoms with Gasteiger partial charge in [0.05, 0.1) is 24.3 Å². The summed E-state index contributed by atoms with van der Waals surface area (Å²) in [5.74, 6) is 0.823. The van der Waals surface area contributed by atoms with Crippen molar-refractivity contribution in [1.82, 2.24) is 14.1 Å². The number of carbonyl (C=O) groups is 2. The molecule has 7 heteroatoms. The minimum atomic E-state index is -0.408. The van der Waals surface area contributed by atoms with Crippen molar-refractivity contribution in [1.29, 1.82) is 0 Å². The van der Waals surface area contributed by atoms with Crippen molar-refractivity contribution in [3.8, 4) is 0 Å². The SMILES string of the molecule is COC(=O)C12C[C@H]3C[C@@H](CC(NC(=O)c4ccc5nsnc5c4)(C3)C1)C2. The number of rotatable bonds is 3. The summed E-state index contributed by atoms with van der Waals surface area (Å²) < 4.78 is 13.6. The molecular weight excluding hydrogens is 350 g/mol. The van der Waals surface area contributed by atoms with Gasteiger partial charge in [-0.25, -0.2) is 0 Å². The summed E-state index contributed by atoms with van der Waals surface area (Å²) in [5.41, 5.74) is 1.47. The van der Waals surface area contributed by atoms with Gasteiger partial charge in [0.15, 0.2) is 0 Å². The van der Waals surface area contributed by atoms with Crippen molar-refractivity contribution >= 4 is 34.6 Å². The van der Waals surface area contributed by atoms with Crippen LogP contribution in [0, 0.1) is 17.3 Å². The fraction of sp³-hybridized carbons (Fsp3) is 0.579. The van der Waals surface area contributed by atoms with E-state index in [0.29, 0.717) is 23.8 Å². The quantitative estimate of drug-likeness (QED) is 0.839. The Morgan fingerprint density at radius 1 is 1.15 bits per heavy atom. The normalized spacial score (nSPS) is 34.8. The first-order valence-corrected chi connectivity index (χ1v) is 9.87. The molecule has 4 saturated carbocycles. The lowest BCUT2D eigenvalue weighted by Gasteiger charge is -2.60. The molecule has 4 aliphatic carbocycles. The zero-order valence-electron chi connectivity index (χ0n) is 14.7. The second-order valence-corrected chi connectivity index (χ2v) is 8.96. The molecule has 0 aliphatic heterocycles. The third-order valence-electron chi connectivity index (χ3n) is 6.57. The molecular formula is C19H21N3O3S. The molecule has 0 unspecified atom stereocenters. The van der Waals surface area contributed by atoms with Gasteiger partial charge in [0, 0.05) is 11.1 Å². The zero-order chi connectivity index (χ0) is 17.9. The summed E-state index contributed by atoms with van der Waals surface area (Å²) in [7, 11) is 1.48. The van der Waals surface area contributed by atoms with E-state index in [-0.39, 0.29) is 17.4 Å². The van der Waals surface area contributed by atoms with E-state index in [1.165, 1.54) is 13.5 Å². The minimum absolute atomic E-state index is 0.0816. The average Bonchev–Trinajstić information content (AvgIpc) is 3.07. The Balaban J connectivity index is 1.44. The molecule has 2 atom stereocenters. The van der Waals surface area contributed by atoms with Crippen molar-refractivity contribution < 1.29 is 14.3 Å². The maximum absolute atomic E-state index is 13.0. The van der Waals surface area contributed by atoms with E-state index in [9.17, 15) is 9.59 Å². The van der Waals surface area contributed by atoms with Crippen LogP contribution in [-0.4, -0.2) is 33.3 Å².